The zero-order chi connectivity index (χ0) is 13.5. The van der Waals surface area contributed by atoms with Gasteiger partial charge in [-0.3, -0.25) is 10.1 Å². The Morgan fingerprint density at radius 3 is 2.67 bits per heavy atom. The lowest BCUT2D eigenvalue weighted by molar-refractivity contribution is -0.389. The van der Waals surface area contributed by atoms with Crippen molar-refractivity contribution < 1.29 is 4.92 Å². The fourth-order valence-corrected chi connectivity index (χ4v) is 2.54. The van der Waals surface area contributed by atoms with Crippen molar-refractivity contribution in [2.75, 3.05) is 17.6 Å². The van der Waals surface area contributed by atoms with Gasteiger partial charge in [-0.25, -0.2) is 4.98 Å². The van der Waals surface area contributed by atoms with E-state index in [1.165, 1.54) is 11.8 Å². The van der Waals surface area contributed by atoms with Crippen LogP contribution in [0.1, 0.15) is 32.4 Å². The van der Waals surface area contributed by atoms with Crippen LogP contribution in [0.5, 0.6) is 0 Å². The first-order valence-electron chi connectivity index (χ1n) is 5.99. The molecule has 0 unspecified atom stereocenters. The van der Waals surface area contributed by atoms with Crippen LogP contribution in [-0.2, 0) is 0 Å². The Morgan fingerprint density at radius 2 is 2.11 bits per heavy atom. The monoisotopic (exact) mass is 270 g/mol. The van der Waals surface area contributed by atoms with Gasteiger partial charge in [-0.1, -0.05) is 25.1 Å². The van der Waals surface area contributed by atoms with Crippen molar-refractivity contribution in [2.45, 2.75) is 38.6 Å². The molecule has 0 bridgehead atoms. The Bertz CT molecular complexity index is 426. The molecule has 0 atom stereocenters. The summed E-state index contributed by atoms with van der Waals surface area (Å²) in [6.45, 7) is 6.36. The first-order valence-corrected chi connectivity index (χ1v) is 6.98. The van der Waals surface area contributed by atoms with Crippen molar-refractivity contribution in [2.24, 2.45) is 0 Å². The van der Waals surface area contributed by atoms with Gasteiger partial charge < -0.3 is 5.32 Å². The van der Waals surface area contributed by atoms with Crippen LogP contribution < -0.4 is 5.32 Å². The molecule has 0 aliphatic heterocycles. The van der Waals surface area contributed by atoms with Crippen molar-refractivity contribution in [1.29, 1.82) is 0 Å². The van der Waals surface area contributed by atoms with Crippen LogP contribution in [0.15, 0.2) is 5.03 Å². The highest BCUT2D eigenvalue weighted by atomic mass is 32.2. The molecule has 0 saturated heterocycles. The van der Waals surface area contributed by atoms with Gasteiger partial charge in [0.15, 0.2) is 5.03 Å². The largest absolute Gasteiger partial charge is 0.354 e. The molecule has 1 aromatic heterocycles. The summed E-state index contributed by atoms with van der Waals surface area (Å²) in [7, 11) is 0. The molecule has 7 heteroatoms. The van der Waals surface area contributed by atoms with Gasteiger partial charge in [0, 0.05) is 6.54 Å². The summed E-state index contributed by atoms with van der Waals surface area (Å²) in [4.78, 5) is 18.9. The van der Waals surface area contributed by atoms with Crippen LogP contribution in [0, 0.1) is 17.0 Å². The zero-order valence-corrected chi connectivity index (χ0v) is 11.7. The highest BCUT2D eigenvalue weighted by Crippen LogP contribution is 2.30. The minimum absolute atomic E-state index is 0.0257. The van der Waals surface area contributed by atoms with Crippen LogP contribution in [0.4, 0.5) is 11.6 Å². The number of rotatable bonds is 7. The van der Waals surface area contributed by atoms with Crippen molar-refractivity contribution in [3.8, 4) is 0 Å². The third-order valence-corrected chi connectivity index (χ3v) is 3.33. The first kappa shape index (κ1) is 14.7. The molecule has 1 rings (SSSR count). The second-order valence-electron chi connectivity index (χ2n) is 3.78. The molecular weight excluding hydrogens is 252 g/mol. The molecule has 0 aromatic carbocycles. The Balaban J connectivity index is 3.03. The zero-order valence-electron chi connectivity index (χ0n) is 10.9. The number of nitrogens with one attached hydrogen (secondary N) is 1. The molecule has 0 radical (unpaired) electrons. The maximum absolute atomic E-state index is 11.0. The Labute approximate surface area is 111 Å². The number of nitro groups is 1. The number of aryl methyl sites for hydroxylation is 1. The third kappa shape index (κ3) is 3.83. The highest BCUT2D eigenvalue weighted by molar-refractivity contribution is 7.99. The smallest absolute Gasteiger partial charge is 0.322 e. The molecule has 0 spiro atoms. The molecule has 0 saturated carbocycles. The highest BCUT2D eigenvalue weighted by Gasteiger charge is 2.21. The minimum Gasteiger partial charge on any atom is -0.354 e. The minimum atomic E-state index is -0.403. The summed E-state index contributed by atoms with van der Waals surface area (Å²) >= 11 is 1.42. The van der Waals surface area contributed by atoms with E-state index in [0.717, 1.165) is 18.6 Å². The van der Waals surface area contributed by atoms with E-state index >= 15 is 0 Å². The molecular formula is C11H18N4O2S. The van der Waals surface area contributed by atoms with E-state index in [-0.39, 0.29) is 5.69 Å². The molecule has 1 aromatic rings. The molecule has 18 heavy (non-hydrogen) atoms. The van der Waals surface area contributed by atoms with E-state index in [1.54, 1.807) is 6.92 Å². The Hall–Kier alpha value is -1.37. The van der Waals surface area contributed by atoms with E-state index < -0.39 is 4.92 Å². The number of nitrogens with zero attached hydrogens (tertiary/aromatic N) is 3. The fourth-order valence-electron chi connectivity index (χ4n) is 1.40. The summed E-state index contributed by atoms with van der Waals surface area (Å²) in [6.07, 6.45) is 2.08. The summed E-state index contributed by atoms with van der Waals surface area (Å²) in [5.74, 6) is 1.29. The molecule has 6 nitrogen and oxygen atoms in total. The van der Waals surface area contributed by atoms with Gasteiger partial charge in [-0.15, -0.1) is 0 Å². The van der Waals surface area contributed by atoms with Crippen molar-refractivity contribution >= 4 is 23.4 Å². The quantitative estimate of drug-likeness (QED) is 0.270. The Morgan fingerprint density at radius 1 is 1.39 bits per heavy atom. The van der Waals surface area contributed by atoms with Crippen molar-refractivity contribution in [3.05, 3.63) is 15.8 Å². The normalized spacial score (nSPS) is 10.4. The van der Waals surface area contributed by atoms with Crippen molar-refractivity contribution in [3.63, 3.8) is 0 Å². The van der Waals surface area contributed by atoms with E-state index in [2.05, 4.69) is 22.2 Å². The van der Waals surface area contributed by atoms with E-state index in [9.17, 15) is 10.1 Å². The molecule has 0 aliphatic carbocycles. The number of unbranched alkanes of at least 4 members (excludes halogenated alkanes) is 1. The van der Waals surface area contributed by atoms with Crippen LogP contribution >= 0.6 is 11.8 Å². The Kier molecular flexibility index (Phi) is 5.84. The average molecular weight is 270 g/mol. The number of thioether (sulfide) groups is 1. The summed E-state index contributed by atoms with van der Waals surface area (Å²) in [6, 6.07) is 0. The van der Waals surface area contributed by atoms with Gasteiger partial charge >= 0.3 is 5.69 Å². The molecule has 1 N–H and O–H groups in total. The van der Waals surface area contributed by atoms with Crippen LogP contribution in [0.2, 0.25) is 0 Å². The topological polar surface area (TPSA) is 81.0 Å². The van der Waals surface area contributed by atoms with Crippen molar-refractivity contribution in [1.82, 2.24) is 9.97 Å². The molecule has 0 amide bonds. The number of hydrogen-bond acceptors (Lipinski definition) is 6. The SMILES string of the molecule is CCCCSc1nc(NCC)nc(C)c1[N+](=O)[O-]. The number of hydrogen-bond donors (Lipinski definition) is 1. The van der Waals surface area contributed by atoms with Gasteiger partial charge in [0.05, 0.1) is 4.92 Å². The molecule has 0 fully saturated rings. The summed E-state index contributed by atoms with van der Waals surface area (Å²) < 4.78 is 0. The second kappa shape index (κ2) is 7.15. The summed E-state index contributed by atoms with van der Waals surface area (Å²) in [5.41, 5.74) is 0.433. The van der Waals surface area contributed by atoms with E-state index in [4.69, 9.17) is 0 Å². The summed E-state index contributed by atoms with van der Waals surface area (Å²) in [5, 5.41) is 14.5. The first-order chi connectivity index (χ1) is 8.60. The van der Waals surface area contributed by atoms with E-state index in [0.29, 0.717) is 23.2 Å². The molecule has 1 heterocycles. The predicted octanol–water partition coefficient (Wildman–Crippen LogP) is 3.02. The number of anilines is 1. The lowest BCUT2D eigenvalue weighted by Crippen LogP contribution is -2.07. The number of aromatic nitrogens is 2. The third-order valence-electron chi connectivity index (χ3n) is 2.28. The predicted molar refractivity (Wildman–Crippen MR) is 73.2 cm³/mol. The van der Waals surface area contributed by atoms with E-state index in [1.807, 2.05) is 6.92 Å². The van der Waals surface area contributed by atoms with Gasteiger partial charge in [0.25, 0.3) is 0 Å². The standard InChI is InChI=1S/C11H18N4O2S/c1-4-6-7-18-10-9(15(16)17)8(3)13-11(14-10)12-5-2/h4-7H2,1-3H3,(H,12,13,14). The van der Waals surface area contributed by atoms with Gasteiger partial charge in [0.2, 0.25) is 5.95 Å². The lowest BCUT2D eigenvalue weighted by atomic mass is 10.4. The van der Waals surface area contributed by atoms with Gasteiger partial charge in [-0.2, -0.15) is 4.98 Å². The molecule has 0 aliphatic rings. The van der Waals surface area contributed by atoms with Gasteiger partial charge in [-0.05, 0) is 26.0 Å². The molecule has 100 valence electrons. The van der Waals surface area contributed by atoms with Crippen LogP contribution in [-0.4, -0.2) is 27.2 Å². The fraction of sp³-hybridized carbons (Fsp3) is 0.636. The maximum Gasteiger partial charge on any atom is 0.322 e. The lowest BCUT2D eigenvalue weighted by Gasteiger charge is -2.07. The maximum atomic E-state index is 11.0. The average Bonchev–Trinajstić information content (AvgIpc) is 2.28. The van der Waals surface area contributed by atoms with Crippen LogP contribution in [0.25, 0.3) is 0 Å². The second-order valence-corrected chi connectivity index (χ2v) is 4.86. The van der Waals surface area contributed by atoms with Gasteiger partial charge in [0.1, 0.15) is 5.69 Å². The van der Waals surface area contributed by atoms with Crippen LogP contribution in [0.3, 0.4) is 0 Å².